The van der Waals surface area contributed by atoms with Gasteiger partial charge in [-0.25, -0.2) is 9.78 Å². The zero-order valence-corrected chi connectivity index (χ0v) is 18.7. The largest absolute Gasteiger partial charge is 0.480 e. The van der Waals surface area contributed by atoms with E-state index in [1.807, 2.05) is 0 Å². The molecule has 2 amide bonds. The van der Waals surface area contributed by atoms with Gasteiger partial charge in [0, 0.05) is 19.2 Å². The smallest absolute Gasteiger partial charge is 0.326 e. The summed E-state index contributed by atoms with van der Waals surface area (Å²) in [6.07, 6.45) is 4.43. The van der Waals surface area contributed by atoms with Gasteiger partial charge in [0.05, 0.1) is 21.2 Å². The Morgan fingerprint density at radius 3 is 2.53 bits per heavy atom. The van der Waals surface area contributed by atoms with Crippen LogP contribution < -0.4 is 11.1 Å². The van der Waals surface area contributed by atoms with Crippen molar-refractivity contribution in [2.75, 3.05) is 6.54 Å². The molecule has 1 atom stereocenters. The summed E-state index contributed by atoms with van der Waals surface area (Å²) in [6, 6.07) is 6.32. The second-order valence-electron chi connectivity index (χ2n) is 6.82. The molecule has 0 aliphatic carbocycles. The number of rotatable bonds is 6. The van der Waals surface area contributed by atoms with Gasteiger partial charge in [0.25, 0.3) is 11.8 Å². The number of carboxylic acids is 1. The Morgan fingerprint density at radius 2 is 1.84 bits per heavy atom. The fraction of sp³-hybridized carbons (Fsp3) is 0.143. The standard InChI is InChI=1S/C21H17Cl3N4O4/c22-14-5-1-3-12(17(14)23)20(30)28-10-11(6-7-16(28)25)9-15(21(31)32)27-19(29)13-4-2-8-26-18(13)24/h1-8,15H,9-10,25H2,(H,27,29)(H,31,32). The molecule has 166 valence electrons. The maximum atomic E-state index is 13.0. The van der Waals surface area contributed by atoms with E-state index in [0.717, 1.165) is 0 Å². The molecule has 1 aromatic carbocycles. The zero-order chi connectivity index (χ0) is 23.4. The van der Waals surface area contributed by atoms with E-state index in [1.165, 1.54) is 35.4 Å². The van der Waals surface area contributed by atoms with Gasteiger partial charge in [-0.3, -0.25) is 14.5 Å². The van der Waals surface area contributed by atoms with E-state index in [0.29, 0.717) is 5.57 Å². The summed E-state index contributed by atoms with van der Waals surface area (Å²) in [7, 11) is 0. The van der Waals surface area contributed by atoms with E-state index in [-0.39, 0.29) is 45.1 Å². The Morgan fingerprint density at radius 1 is 1.12 bits per heavy atom. The van der Waals surface area contributed by atoms with E-state index >= 15 is 0 Å². The minimum atomic E-state index is -1.27. The molecule has 1 aromatic heterocycles. The van der Waals surface area contributed by atoms with Gasteiger partial charge in [0.15, 0.2) is 0 Å². The summed E-state index contributed by atoms with van der Waals surface area (Å²) < 4.78 is 0. The molecule has 0 spiro atoms. The molecule has 1 aliphatic rings. The number of carbonyl (C=O) groups excluding carboxylic acids is 2. The fourth-order valence-corrected chi connectivity index (χ4v) is 3.62. The summed E-state index contributed by atoms with van der Waals surface area (Å²) in [6.45, 7) is 0.0112. The van der Waals surface area contributed by atoms with Gasteiger partial charge >= 0.3 is 5.97 Å². The second-order valence-corrected chi connectivity index (χ2v) is 7.96. The highest BCUT2D eigenvalue weighted by atomic mass is 35.5. The third-order valence-corrected chi connectivity index (χ3v) is 5.78. The predicted octanol–water partition coefficient (Wildman–Crippen LogP) is 3.50. The lowest BCUT2D eigenvalue weighted by Gasteiger charge is -2.28. The molecule has 0 saturated carbocycles. The predicted molar refractivity (Wildman–Crippen MR) is 121 cm³/mol. The first kappa shape index (κ1) is 23.6. The number of amides is 2. The molecule has 2 heterocycles. The highest BCUT2D eigenvalue weighted by molar-refractivity contribution is 6.43. The van der Waals surface area contributed by atoms with Gasteiger partial charge in [-0.15, -0.1) is 0 Å². The average Bonchev–Trinajstić information content (AvgIpc) is 2.76. The molecular formula is C21H17Cl3N4O4. The van der Waals surface area contributed by atoms with Crippen LogP contribution in [0.15, 0.2) is 60.1 Å². The van der Waals surface area contributed by atoms with Crippen LogP contribution in [-0.4, -0.2) is 45.4 Å². The number of halogens is 3. The highest BCUT2D eigenvalue weighted by Gasteiger charge is 2.28. The molecule has 1 aliphatic heterocycles. The number of nitrogens with one attached hydrogen (secondary N) is 1. The van der Waals surface area contributed by atoms with E-state index in [2.05, 4.69) is 10.3 Å². The number of hydrogen-bond donors (Lipinski definition) is 3. The van der Waals surface area contributed by atoms with E-state index in [1.54, 1.807) is 18.2 Å². The van der Waals surface area contributed by atoms with Gasteiger partial charge in [-0.05, 0) is 35.9 Å². The number of pyridine rings is 1. The number of carboxylic acid groups (broad SMARTS) is 1. The molecule has 2 aromatic rings. The van der Waals surface area contributed by atoms with Crippen LogP contribution in [0.4, 0.5) is 0 Å². The lowest BCUT2D eigenvalue weighted by Crippen LogP contribution is -2.43. The van der Waals surface area contributed by atoms with Gasteiger partial charge in [0.1, 0.15) is 17.0 Å². The van der Waals surface area contributed by atoms with Crippen LogP contribution in [0.1, 0.15) is 27.1 Å². The molecule has 3 rings (SSSR count). The van der Waals surface area contributed by atoms with Crippen LogP contribution in [-0.2, 0) is 4.79 Å². The van der Waals surface area contributed by atoms with Crippen LogP contribution >= 0.6 is 34.8 Å². The lowest BCUT2D eigenvalue weighted by molar-refractivity contribution is -0.139. The van der Waals surface area contributed by atoms with E-state index in [4.69, 9.17) is 40.5 Å². The number of nitrogens with two attached hydrogens (primary N) is 1. The van der Waals surface area contributed by atoms with E-state index in [9.17, 15) is 19.5 Å². The van der Waals surface area contributed by atoms with Crippen molar-refractivity contribution in [3.63, 3.8) is 0 Å². The number of allylic oxidation sites excluding steroid dienone is 2. The molecular weight excluding hydrogens is 479 g/mol. The third-order valence-electron chi connectivity index (χ3n) is 4.66. The monoisotopic (exact) mass is 494 g/mol. The first-order valence-electron chi connectivity index (χ1n) is 9.24. The van der Waals surface area contributed by atoms with Gasteiger partial charge < -0.3 is 16.2 Å². The van der Waals surface area contributed by atoms with E-state index < -0.39 is 23.8 Å². The second kappa shape index (κ2) is 10.0. The quantitative estimate of drug-likeness (QED) is 0.527. The van der Waals surface area contributed by atoms with Crippen LogP contribution in [0.2, 0.25) is 15.2 Å². The zero-order valence-electron chi connectivity index (χ0n) is 16.4. The normalized spacial score (nSPS) is 14.3. The molecule has 0 saturated heterocycles. The van der Waals surface area contributed by atoms with Crippen LogP contribution in [0.25, 0.3) is 0 Å². The number of aromatic nitrogens is 1. The lowest BCUT2D eigenvalue weighted by atomic mass is 10.0. The Hall–Kier alpha value is -3.07. The van der Waals surface area contributed by atoms with Crippen LogP contribution in [0.5, 0.6) is 0 Å². The summed E-state index contributed by atoms with van der Waals surface area (Å²) in [5, 5.41) is 12.3. The molecule has 1 unspecified atom stereocenters. The minimum absolute atomic E-state index is 0.0112. The summed E-state index contributed by atoms with van der Waals surface area (Å²) >= 11 is 18.1. The topological polar surface area (TPSA) is 126 Å². The van der Waals surface area contributed by atoms with Gasteiger partial charge in [-0.1, -0.05) is 46.9 Å². The summed E-state index contributed by atoms with van der Waals surface area (Å²) in [5.74, 6) is -2.26. The Labute approximate surface area is 198 Å². The molecule has 0 radical (unpaired) electrons. The highest BCUT2D eigenvalue weighted by Crippen LogP contribution is 2.28. The van der Waals surface area contributed by atoms with Gasteiger partial charge in [0.2, 0.25) is 0 Å². The fourth-order valence-electron chi connectivity index (χ4n) is 3.03. The minimum Gasteiger partial charge on any atom is -0.480 e. The van der Waals surface area contributed by atoms with Crippen molar-refractivity contribution in [2.24, 2.45) is 5.73 Å². The summed E-state index contributed by atoms with van der Waals surface area (Å²) in [4.78, 5) is 42.3. The Bertz CT molecular complexity index is 1150. The van der Waals surface area contributed by atoms with Gasteiger partial charge in [-0.2, -0.15) is 0 Å². The molecule has 8 nitrogen and oxygen atoms in total. The molecule has 4 N–H and O–H groups in total. The first-order chi connectivity index (χ1) is 15.2. The van der Waals surface area contributed by atoms with Crippen molar-refractivity contribution >= 4 is 52.6 Å². The Balaban J connectivity index is 1.76. The first-order valence-corrected chi connectivity index (χ1v) is 10.4. The van der Waals surface area contributed by atoms with Crippen molar-refractivity contribution < 1.29 is 19.5 Å². The van der Waals surface area contributed by atoms with Crippen LogP contribution in [0, 0.1) is 0 Å². The van der Waals surface area contributed by atoms with Crippen molar-refractivity contribution in [3.8, 4) is 0 Å². The summed E-state index contributed by atoms with van der Waals surface area (Å²) in [5.41, 5.74) is 6.73. The maximum Gasteiger partial charge on any atom is 0.326 e. The van der Waals surface area contributed by atoms with Crippen LogP contribution in [0.3, 0.4) is 0 Å². The Kier molecular flexibility index (Phi) is 7.40. The molecule has 11 heteroatoms. The SMILES string of the molecule is NC1=CC=C(CC(NC(=O)c2cccnc2Cl)C(=O)O)CN1C(=O)c1cccc(Cl)c1Cl. The van der Waals surface area contributed by atoms with Crippen molar-refractivity contribution in [2.45, 2.75) is 12.5 Å². The molecule has 0 fully saturated rings. The maximum absolute atomic E-state index is 13.0. The number of hydrogen-bond acceptors (Lipinski definition) is 5. The number of carbonyl (C=O) groups is 3. The number of aliphatic carboxylic acids is 1. The molecule has 32 heavy (non-hydrogen) atoms. The molecule has 0 bridgehead atoms. The number of benzene rings is 1. The average molecular weight is 496 g/mol. The number of nitrogens with zero attached hydrogens (tertiary/aromatic N) is 2. The van der Waals surface area contributed by atoms with Crippen molar-refractivity contribution in [1.29, 1.82) is 0 Å². The van der Waals surface area contributed by atoms with Crippen molar-refractivity contribution in [1.82, 2.24) is 15.2 Å². The van der Waals surface area contributed by atoms with Crippen molar-refractivity contribution in [3.05, 3.63) is 86.4 Å². The third kappa shape index (κ3) is 5.21.